The Morgan fingerprint density at radius 3 is 2.55 bits per heavy atom. The van der Waals surface area contributed by atoms with Gasteiger partial charge in [-0.15, -0.1) is 0 Å². The molecule has 2 N–H and O–H groups in total. The van der Waals surface area contributed by atoms with Crippen LogP contribution in [0.3, 0.4) is 0 Å². The van der Waals surface area contributed by atoms with E-state index in [-0.39, 0.29) is 11.8 Å². The molecule has 0 saturated heterocycles. The fourth-order valence-corrected chi connectivity index (χ4v) is 1.71. The van der Waals surface area contributed by atoms with Crippen molar-refractivity contribution in [1.82, 2.24) is 0 Å². The zero-order chi connectivity index (χ0) is 8.43. The maximum absolute atomic E-state index is 11.1. The molecule has 1 aliphatic rings. The van der Waals surface area contributed by atoms with Crippen molar-refractivity contribution in [2.45, 2.75) is 39.2 Å². The molecule has 2 heteroatoms. The van der Waals surface area contributed by atoms with Crippen LogP contribution in [-0.2, 0) is 4.79 Å². The molecule has 0 aliphatic heterocycles. The minimum atomic E-state index is -0.258. The van der Waals surface area contributed by atoms with Crippen molar-refractivity contribution in [2.75, 3.05) is 0 Å². The lowest BCUT2D eigenvalue weighted by molar-refractivity contribution is -0.121. The topological polar surface area (TPSA) is 43.1 Å². The van der Waals surface area contributed by atoms with Gasteiger partial charge >= 0.3 is 0 Å². The summed E-state index contributed by atoms with van der Waals surface area (Å²) >= 11 is 0. The van der Waals surface area contributed by atoms with Gasteiger partial charge in [0.05, 0.1) is 6.04 Å². The van der Waals surface area contributed by atoms with Gasteiger partial charge in [-0.3, -0.25) is 4.79 Å². The predicted molar refractivity (Wildman–Crippen MR) is 45.2 cm³/mol. The van der Waals surface area contributed by atoms with E-state index in [0.29, 0.717) is 12.3 Å². The molecule has 1 fully saturated rings. The van der Waals surface area contributed by atoms with Gasteiger partial charge in [0.15, 0.2) is 0 Å². The molecule has 0 unspecified atom stereocenters. The Labute approximate surface area is 68.2 Å². The molecule has 0 radical (unpaired) electrons. The Morgan fingerprint density at radius 2 is 2.18 bits per heavy atom. The molecule has 11 heavy (non-hydrogen) atoms. The lowest BCUT2D eigenvalue weighted by atomic mass is 9.73. The number of rotatable bonds is 3. The molecule has 0 aromatic rings. The number of Topliss-reactive ketones (excluding diaryl/α,β-unsaturated/α-hetero) is 1. The monoisotopic (exact) mass is 155 g/mol. The van der Waals surface area contributed by atoms with Crippen LogP contribution in [0.4, 0.5) is 0 Å². The second-order valence-electron chi connectivity index (χ2n) is 3.90. The van der Waals surface area contributed by atoms with E-state index >= 15 is 0 Å². The number of hydrogen-bond acceptors (Lipinski definition) is 2. The summed E-state index contributed by atoms with van der Waals surface area (Å²) in [5.74, 6) is 1.70. The lowest BCUT2D eigenvalue weighted by Gasteiger charge is -2.32. The zero-order valence-electron chi connectivity index (χ0n) is 7.34. The quantitative estimate of drug-likeness (QED) is 0.668. The van der Waals surface area contributed by atoms with Gasteiger partial charge in [-0.1, -0.05) is 6.92 Å². The molecule has 1 rings (SSSR count). The first-order chi connectivity index (χ1) is 5.09. The number of ketones is 1. The summed E-state index contributed by atoms with van der Waals surface area (Å²) in [5.41, 5.74) is 5.45. The van der Waals surface area contributed by atoms with Gasteiger partial charge in [-0.25, -0.2) is 0 Å². The van der Waals surface area contributed by atoms with Crippen molar-refractivity contribution in [2.24, 2.45) is 17.6 Å². The Bertz CT molecular complexity index is 148. The SMILES string of the molecule is CC1CC(CC(=O)[C@H](C)N)C1. The fourth-order valence-electron chi connectivity index (χ4n) is 1.71. The summed E-state index contributed by atoms with van der Waals surface area (Å²) < 4.78 is 0. The van der Waals surface area contributed by atoms with Gasteiger partial charge in [-0.05, 0) is 31.6 Å². The number of carbonyl (C=O) groups excluding carboxylic acids is 1. The van der Waals surface area contributed by atoms with Crippen LogP contribution in [-0.4, -0.2) is 11.8 Å². The summed E-state index contributed by atoms with van der Waals surface area (Å²) in [6.45, 7) is 4.00. The van der Waals surface area contributed by atoms with Crippen LogP contribution in [0.1, 0.15) is 33.1 Å². The van der Waals surface area contributed by atoms with Crippen molar-refractivity contribution in [3.63, 3.8) is 0 Å². The molecule has 0 aromatic carbocycles. The van der Waals surface area contributed by atoms with E-state index in [1.54, 1.807) is 6.92 Å². The Morgan fingerprint density at radius 1 is 1.64 bits per heavy atom. The van der Waals surface area contributed by atoms with Gasteiger partial charge in [0, 0.05) is 6.42 Å². The predicted octanol–water partition coefficient (Wildman–Crippen LogP) is 1.34. The molecule has 0 bridgehead atoms. The normalized spacial score (nSPS) is 32.6. The maximum atomic E-state index is 11.1. The summed E-state index contributed by atoms with van der Waals surface area (Å²) in [7, 11) is 0. The smallest absolute Gasteiger partial charge is 0.149 e. The summed E-state index contributed by atoms with van der Waals surface area (Å²) in [4.78, 5) is 11.1. The highest BCUT2D eigenvalue weighted by molar-refractivity contribution is 5.83. The van der Waals surface area contributed by atoms with Gasteiger partial charge in [0.2, 0.25) is 0 Å². The van der Waals surface area contributed by atoms with Crippen molar-refractivity contribution < 1.29 is 4.79 Å². The van der Waals surface area contributed by atoms with Gasteiger partial charge in [0.1, 0.15) is 5.78 Å². The van der Waals surface area contributed by atoms with Crippen LogP contribution in [0.5, 0.6) is 0 Å². The highest BCUT2D eigenvalue weighted by atomic mass is 16.1. The van der Waals surface area contributed by atoms with Crippen molar-refractivity contribution in [1.29, 1.82) is 0 Å². The second-order valence-corrected chi connectivity index (χ2v) is 3.90. The standard InChI is InChI=1S/C9H17NO/c1-6-3-8(4-6)5-9(11)7(2)10/h6-8H,3-5,10H2,1-2H3/t6?,7-,8?/m0/s1. The molecule has 0 heterocycles. The average Bonchev–Trinajstić information content (AvgIpc) is 1.84. The van der Waals surface area contributed by atoms with E-state index in [0.717, 1.165) is 5.92 Å². The van der Waals surface area contributed by atoms with Crippen LogP contribution in [0, 0.1) is 11.8 Å². The highest BCUT2D eigenvalue weighted by Crippen LogP contribution is 2.35. The minimum absolute atomic E-state index is 0.224. The molecule has 0 amide bonds. The Hall–Kier alpha value is -0.370. The van der Waals surface area contributed by atoms with Crippen LogP contribution in [0.25, 0.3) is 0 Å². The molecule has 1 atom stereocenters. The number of nitrogens with two attached hydrogens (primary N) is 1. The summed E-state index contributed by atoms with van der Waals surface area (Å²) in [6.07, 6.45) is 3.15. The third-order valence-corrected chi connectivity index (χ3v) is 2.47. The van der Waals surface area contributed by atoms with E-state index in [4.69, 9.17) is 5.73 Å². The molecule has 2 nitrogen and oxygen atoms in total. The highest BCUT2D eigenvalue weighted by Gasteiger charge is 2.27. The molecule has 1 aliphatic carbocycles. The summed E-state index contributed by atoms with van der Waals surface area (Å²) in [6, 6.07) is -0.258. The molecule has 1 saturated carbocycles. The molecule has 64 valence electrons. The van der Waals surface area contributed by atoms with Gasteiger partial charge in [-0.2, -0.15) is 0 Å². The van der Waals surface area contributed by atoms with E-state index in [2.05, 4.69) is 6.92 Å². The Balaban J connectivity index is 2.17. The van der Waals surface area contributed by atoms with E-state index in [1.807, 2.05) is 0 Å². The number of hydrogen-bond donors (Lipinski definition) is 1. The molecular weight excluding hydrogens is 138 g/mol. The maximum Gasteiger partial charge on any atom is 0.149 e. The third kappa shape index (κ3) is 2.29. The van der Waals surface area contributed by atoms with Gasteiger partial charge < -0.3 is 5.73 Å². The molecular formula is C9H17NO. The van der Waals surface area contributed by atoms with Crippen molar-refractivity contribution in [3.8, 4) is 0 Å². The van der Waals surface area contributed by atoms with Gasteiger partial charge in [0.25, 0.3) is 0 Å². The summed E-state index contributed by atoms with van der Waals surface area (Å²) in [5, 5.41) is 0. The second kappa shape index (κ2) is 3.35. The fraction of sp³-hybridized carbons (Fsp3) is 0.889. The van der Waals surface area contributed by atoms with Crippen LogP contribution in [0.2, 0.25) is 0 Å². The zero-order valence-corrected chi connectivity index (χ0v) is 7.34. The largest absolute Gasteiger partial charge is 0.322 e. The molecule has 0 aromatic heterocycles. The number of carbonyl (C=O) groups is 1. The van der Waals surface area contributed by atoms with E-state index in [1.165, 1.54) is 12.8 Å². The van der Waals surface area contributed by atoms with Crippen LogP contribution < -0.4 is 5.73 Å². The average molecular weight is 155 g/mol. The first-order valence-corrected chi connectivity index (χ1v) is 4.38. The first-order valence-electron chi connectivity index (χ1n) is 4.38. The first kappa shape index (κ1) is 8.72. The Kier molecular flexibility index (Phi) is 2.66. The van der Waals surface area contributed by atoms with Crippen molar-refractivity contribution in [3.05, 3.63) is 0 Å². The van der Waals surface area contributed by atoms with Crippen LogP contribution >= 0.6 is 0 Å². The van der Waals surface area contributed by atoms with E-state index < -0.39 is 0 Å². The van der Waals surface area contributed by atoms with Crippen molar-refractivity contribution >= 4 is 5.78 Å². The lowest BCUT2D eigenvalue weighted by Crippen LogP contribution is -2.32. The molecule has 0 spiro atoms. The minimum Gasteiger partial charge on any atom is -0.322 e. The third-order valence-electron chi connectivity index (χ3n) is 2.47. The van der Waals surface area contributed by atoms with E-state index in [9.17, 15) is 4.79 Å². The van der Waals surface area contributed by atoms with Crippen LogP contribution in [0.15, 0.2) is 0 Å².